The highest BCUT2D eigenvalue weighted by atomic mass is 32.2. The molecule has 23 nitrogen and oxygen atoms in total. The number of nitrogens with zero attached hydrogens (tertiary/aromatic N) is 7. The van der Waals surface area contributed by atoms with E-state index in [1.807, 2.05) is 0 Å². The van der Waals surface area contributed by atoms with Crippen molar-refractivity contribution in [2.75, 3.05) is 26.4 Å². The number of aliphatic hydroxyl groups excluding tert-OH is 2. The van der Waals surface area contributed by atoms with Gasteiger partial charge >= 0.3 is 0 Å². The fourth-order valence-electron chi connectivity index (χ4n) is 5.74. The van der Waals surface area contributed by atoms with Crippen LogP contribution in [0, 0.1) is 13.8 Å². The Morgan fingerprint density at radius 2 is 1.44 bits per heavy atom. The van der Waals surface area contributed by atoms with E-state index in [0.717, 1.165) is 16.7 Å². The van der Waals surface area contributed by atoms with Crippen molar-refractivity contribution in [3.8, 4) is 28.9 Å². The number of aromatic hydroxyl groups is 3. The van der Waals surface area contributed by atoms with Crippen LogP contribution >= 0.6 is 12.0 Å². The predicted octanol–water partition coefficient (Wildman–Crippen LogP) is 6.52. The van der Waals surface area contributed by atoms with Gasteiger partial charge in [0.05, 0.1) is 41.2 Å². The largest absolute Gasteiger partial charge is 0.507 e. The molecule has 25 heteroatoms. The summed E-state index contributed by atoms with van der Waals surface area (Å²) in [6, 6.07) is 10.2. The molecule has 61 heavy (non-hydrogen) atoms. The van der Waals surface area contributed by atoms with Gasteiger partial charge in [-0.05, 0) is 62.1 Å². The number of benzene rings is 4. The molecule has 1 amide bonds. The number of carbonyl (C=O) groups excluding carboxylic acids is 1. The van der Waals surface area contributed by atoms with Crippen molar-refractivity contribution in [1.29, 1.82) is 0 Å². The van der Waals surface area contributed by atoms with Gasteiger partial charge in [-0.2, -0.15) is 13.5 Å². The second-order valence-corrected chi connectivity index (χ2v) is 14.6. The molecule has 0 saturated heterocycles. The first-order valence-electron chi connectivity index (χ1n) is 17.5. The molecule has 0 atom stereocenters. The lowest BCUT2D eigenvalue weighted by Crippen LogP contribution is -2.30. The number of pyridine rings is 1. The Balaban J connectivity index is 1.59. The Bertz CT molecular complexity index is 2760. The molecule has 4 aromatic carbocycles. The van der Waals surface area contributed by atoms with E-state index in [0.29, 0.717) is 23.0 Å². The monoisotopic (exact) mass is 884 g/mol. The minimum atomic E-state index is -5.03. The molecule has 0 fully saturated rings. The predicted molar refractivity (Wildman–Crippen MR) is 214 cm³/mol. The summed E-state index contributed by atoms with van der Waals surface area (Å²) in [6.07, 6.45) is 0. The number of aliphatic hydroxyl groups is 2. The van der Waals surface area contributed by atoms with Crippen LogP contribution < -0.4 is 20.8 Å². The van der Waals surface area contributed by atoms with E-state index in [-0.39, 0.29) is 81.3 Å². The van der Waals surface area contributed by atoms with Gasteiger partial charge in [-0.25, -0.2) is 5.26 Å². The quantitative estimate of drug-likeness (QED) is 0.0153. The Morgan fingerprint density at radius 3 is 2.02 bits per heavy atom. The van der Waals surface area contributed by atoms with Crippen molar-refractivity contribution in [3.63, 3.8) is 0 Å². The van der Waals surface area contributed by atoms with Gasteiger partial charge in [-0.15, -0.1) is 29.9 Å². The summed E-state index contributed by atoms with van der Waals surface area (Å²) < 4.78 is 51.9. The summed E-state index contributed by atoms with van der Waals surface area (Å²) in [7, 11) is -5.03. The lowest BCUT2D eigenvalue weighted by Gasteiger charge is -2.13. The van der Waals surface area contributed by atoms with Crippen molar-refractivity contribution in [1.82, 2.24) is 4.57 Å². The second-order valence-electron chi connectivity index (χ2n) is 12.4. The van der Waals surface area contributed by atoms with Crippen molar-refractivity contribution in [2.24, 2.45) is 36.4 Å². The minimum absolute atomic E-state index is 0.0154. The first-order valence-corrected chi connectivity index (χ1v) is 19.6. The zero-order valence-electron chi connectivity index (χ0n) is 32.1. The van der Waals surface area contributed by atoms with E-state index in [9.17, 15) is 48.1 Å². The fourth-order valence-corrected chi connectivity index (χ4v) is 6.88. The summed E-state index contributed by atoms with van der Waals surface area (Å²) in [6.45, 7) is 2.98. The number of ether oxygens (including phenoxy) is 2. The van der Waals surface area contributed by atoms with E-state index >= 15 is 0 Å². The number of amides is 1. The fraction of sp³-hybridized carbons (Fsp3) is 0.222. The topological polar surface area (TPSA) is 352 Å². The third-order valence-electron chi connectivity index (χ3n) is 8.40. The van der Waals surface area contributed by atoms with E-state index < -0.39 is 62.6 Å². The van der Waals surface area contributed by atoms with Gasteiger partial charge in [0.2, 0.25) is 5.88 Å². The van der Waals surface area contributed by atoms with E-state index in [1.54, 1.807) is 13.0 Å². The van der Waals surface area contributed by atoms with Crippen molar-refractivity contribution in [2.45, 2.75) is 37.1 Å². The number of fused-ring (bicyclic) bond motifs is 1. The number of nitrogens with two attached hydrogens (primary N) is 1. The van der Waals surface area contributed by atoms with Crippen LogP contribution in [-0.2, 0) is 26.0 Å². The highest BCUT2D eigenvalue weighted by Gasteiger charge is 2.23. The number of phenolic OH excluding ortho intramolecular Hbond substituents is 2. The number of aromatic nitrogens is 1. The summed E-state index contributed by atoms with van der Waals surface area (Å²) in [5.41, 5.74) is 3.23. The molecule has 1 aromatic heterocycles. The van der Waals surface area contributed by atoms with Gasteiger partial charge in [-0.1, -0.05) is 11.1 Å². The van der Waals surface area contributed by atoms with Crippen molar-refractivity contribution < 1.29 is 67.4 Å². The molecule has 5 aromatic rings. The van der Waals surface area contributed by atoms with Crippen LogP contribution in [-0.4, -0.2) is 80.7 Å². The maximum Gasteiger partial charge on any atom is 0.296 e. The number of phenols is 2. The average molecular weight is 885 g/mol. The van der Waals surface area contributed by atoms with Gasteiger partial charge in [0.1, 0.15) is 69.4 Å². The van der Waals surface area contributed by atoms with E-state index in [1.165, 1.54) is 44.2 Å². The van der Waals surface area contributed by atoms with Crippen LogP contribution in [0.1, 0.15) is 28.4 Å². The SMILES string of the molecule is CCn1c(O)c(N=Nc2ccc(N=Nc3cc(OCCO)c(N=Nc4c(SOOO)cc5cc(C)cc(O)c5c4O)cc3OCCO)c(S(=O)(=O)O)c2)c(C)c(C(N)=O)c1=O. The minimum Gasteiger partial charge on any atom is -0.507 e. The molecule has 0 spiro atoms. The Morgan fingerprint density at radius 1 is 0.836 bits per heavy atom. The Kier molecular flexibility index (Phi) is 14.7. The van der Waals surface area contributed by atoms with Gasteiger partial charge in [0.25, 0.3) is 21.6 Å². The van der Waals surface area contributed by atoms with Gasteiger partial charge < -0.3 is 40.7 Å². The van der Waals surface area contributed by atoms with Crippen molar-refractivity contribution >= 4 is 73.0 Å². The molecule has 322 valence electrons. The molecule has 0 aliphatic carbocycles. The first-order chi connectivity index (χ1) is 29.0. The smallest absolute Gasteiger partial charge is 0.296 e. The molecular weight excluding hydrogens is 849 g/mol. The number of carbonyl (C=O) groups is 1. The number of rotatable bonds is 18. The normalized spacial score (nSPS) is 12.0. The highest BCUT2D eigenvalue weighted by Crippen LogP contribution is 2.48. The molecular formula is C36H36N8O15S2. The molecule has 0 unspecified atom stereocenters. The van der Waals surface area contributed by atoms with E-state index in [4.69, 9.17) is 20.5 Å². The number of azo groups is 3. The lowest BCUT2D eigenvalue weighted by molar-refractivity contribution is -0.432. The molecule has 0 aliphatic rings. The van der Waals surface area contributed by atoms with Crippen LogP contribution in [0.15, 0.2) is 93.8 Å². The van der Waals surface area contributed by atoms with Crippen LogP contribution in [0.3, 0.4) is 0 Å². The maximum absolute atomic E-state index is 12.6. The maximum atomic E-state index is 12.6. The molecule has 5 rings (SSSR count). The Hall–Kier alpha value is -6.58. The first kappa shape index (κ1) is 45.5. The zero-order valence-corrected chi connectivity index (χ0v) is 33.7. The second kappa shape index (κ2) is 19.7. The van der Waals surface area contributed by atoms with Crippen LogP contribution in [0.5, 0.6) is 28.9 Å². The number of primary amides is 1. The summed E-state index contributed by atoms with van der Waals surface area (Å²) in [4.78, 5) is 23.9. The van der Waals surface area contributed by atoms with Crippen LogP contribution in [0.4, 0.5) is 34.1 Å². The Labute approximate surface area is 348 Å². The molecule has 0 saturated carbocycles. The number of hydrogen-bond acceptors (Lipinski definition) is 21. The average Bonchev–Trinajstić information content (AvgIpc) is 3.20. The van der Waals surface area contributed by atoms with Crippen LogP contribution in [0.25, 0.3) is 10.8 Å². The summed E-state index contributed by atoms with van der Waals surface area (Å²) >= 11 is 0.451. The molecule has 0 radical (unpaired) electrons. The standard InChI is InChI=1S/C36H36N8O15S2/c1-4-44-35(50)29(34(37)49)18(3)31(36(44)51)42-38-20-5-6-21(28(14-20)61(53,54)55)39-40-22-15-26(57-10-8-46)23(16-25(22)56-9-7-45)41-43-32-27(60-59-58-52)13-19-11-17(2)12-24(47)30(19)33(32)48/h5-6,11-16,45-48,51-52H,4,7-10H2,1-3H3,(H2,37,49)(H,53,54,55). The third-order valence-corrected chi connectivity index (χ3v) is 9.90. The number of hydrogen-bond donors (Lipinski definition) is 8. The summed E-state index contributed by atoms with van der Waals surface area (Å²) in [5.74, 6) is -2.75. The molecule has 0 aliphatic heterocycles. The third kappa shape index (κ3) is 10.2. The summed E-state index contributed by atoms with van der Waals surface area (Å²) in [5, 5.41) is 88.7. The zero-order chi connectivity index (χ0) is 44.6. The lowest BCUT2D eigenvalue weighted by atomic mass is 10.0. The molecule has 0 bridgehead atoms. The number of aryl methyl sites for hydroxylation is 1. The highest BCUT2D eigenvalue weighted by molar-refractivity contribution is 7.94. The molecule has 9 N–H and O–H groups in total. The van der Waals surface area contributed by atoms with Crippen molar-refractivity contribution in [3.05, 3.63) is 75.6 Å². The van der Waals surface area contributed by atoms with Gasteiger partial charge in [0.15, 0.2) is 5.75 Å². The van der Waals surface area contributed by atoms with Gasteiger partial charge in [0, 0.05) is 24.2 Å². The molecule has 1 heterocycles. The van der Waals surface area contributed by atoms with E-state index in [2.05, 4.69) is 40.1 Å². The van der Waals surface area contributed by atoms with Gasteiger partial charge in [-0.3, -0.25) is 18.7 Å². The van der Waals surface area contributed by atoms with Crippen LogP contribution in [0.2, 0.25) is 0 Å².